The molecule has 100 valence electrons. The summed E-state index contributed by atoms with van der Waals surface area (Å²) in [6.45, 7) is 10.9. The molecule has 1 aliphatic rings. The largest absolute Gasteiger partial charge is 0.354 e. The quantitative estimate of drug-likeness (QED) is 0.707. The van der Waals surface area contributed by atoms with Crippen molar-refractivity contribution in [1.29, 1.82) is 0 Å². The normalized spacial score (nSPS) is 20.5. The van der Waals surface area contributed by atoms with Crippen LogP contribution >= 0.6 is 0 Å². The second-order valence-electron chi connectivity index (χ2n) is 5.28. The van der Waals surface area contributed by atoms with Crippen LogP contribution in [0.15, 0.2) is 0 Å². The molecule has 1 unspecified atom stereocenters. The Hall–Kier alpha value is -0.650. The highest BCUT2D eigenvalue weighted by molar-refractivity contribution is 5.81. The molecule has 1 aliphatic heterocycles. The van der Waals surface area contributed by atoms with Gasteiger partial charge in [0.15, 0.2) is 0 Å². The number of nitrogens with zero attached hydrogens (tertiary/aromatic N) is 2. The number of nitrogens with one attached hydrogen (secondary N) is 2. The van der Waals surface area contributed by atoms with Gasteiger partial charge in [0, 0.05) is 32.7 Å². The minimum absolute atomic E-state index is 0.0811. The van der Waals surface area contributed by atoms with Crippen molar-refractivity contribution in [3.8, 4) is 0 Å². The SMILES string of the molecule is CC(C)CNC(=O)C(C)NN1CCN(C)CC1. The van der Waals surface area contributed by atoms with Crippen LogP contribution in [0.4, 0.5) is 0 Å². The molecule has 1 amide bonds. The summed E-state index contributed by atoms with van der Waals surface area (Å²) < 4.78 is 0. The Bertz CT molecular complexity index is 237. The molecule has 1 rings (SSSR count). The number of amides is 1. The summed E-state index contributed by atoms with van der Waals surface area (Å²) in [5.41, 5.74) is 3.26. The van der Waals surface area contributed by atoms with E-state index in [-0.39, 0.29) is 11.9 Å². The van der Waals surface area contributed by atoms with Crippen molar-refractivity contribution in [2.75, 3.05) is 39.8 Å². The van der Waals surface area contributed by atoms with Gasteiger partial charge < -0.3 is 10.2 Å². The zero-order valence-electron chi connectivity index (χ0n) is 11.5. The molecule has 5 nitrogen and oxygen atoms in total. The van der Waals surface area contributed by atoms with Gasteiger partial charge in [-0.05, 0) is 19.9 Å². The first-order chi connectivity index (χ1) is 7.99. The lowest BCUT2D eigenvalue weighted by molar-refractivity contribution is -0.124. The molecule has 0 bridgehead atoms. The molecule has 1 saturated heterocycles. The Balaban J connectivity index is 2.23. The van der Waals surface area contributed by atoms with Crippen molar-refractivity contribution in [3.05, 3.63) is 0 Å². The van der Waals surface area contributed by atoms with Gasteiger partial charge in [-0.1, -0.05) is 13.8 Å². The predicted molar refractivity (Wildman–Crippen MR) is 69.5 cm³/mol. The highest BCUT2D eigenvalue weighted by Crippen LogP contribution is 1.97. The van der Waals surface area contributed by atoms with Gasteiger partial charge in [-0.25, -0.2) is 10.4 Å². The van der Waals surface area contributed by atoms with Gasteiger partial charge in [0.2, 0.25) is 5.91 Å². The van der Waals surface area contributed by atoms with Crippen molar-refractivity contribution < 1.29 is 4.79 Å². The van der Waals surface area contributed by atoms with Crippen LogP contribution in [0.3, 0.4) is 0 Å². The van der Waals surface area contributed by atoms with Gasteiger partial charge in [0.1, 0.15) is 0 Å². The summed E-state index contributed by atoms with van der Waals surface area (Å²) >= 11 is 0. The van der Waals surface area contributed by atoms with Crippen LogP contribution in [0.2, 0.25) is 0 Å². The highest BCUT2D eigenvalue weighted by Gasteiger charge is 2.19. The van der Waals surface area contributed by atoms with Gasteiger partial charge in [-0.3, -0.25) is 4.79 Å². The summed E-state index contributed by atoms with van der Waals surface area (Å²) in [7, 11) is 2.12. The third-order valence-electron chi connectivity index (χ3n) is 2.96. The van der Waals surface area contributed by atoms with Gasteiger partial charge >= 0.3 is 0 Å². The van der Waals surface area contributed by atoms with E-state index in [0.29, 0.717) is 5.92 Å². The molecule has 2 N–H and O–H groups in total. The van der Waals surface area contributed by atoms with E-state index in [0.717, 1.165) is 32.7 Å². The minimum atomic E-state index is -0.155. The van der Waals surface area contributed by atoms with Crippen LogP contribution in [-0.4, -0.2) is 61.6 Å². The first kappa shape index (κ1) is 14.4. The monoisotopic (exact) mass is 242 g/mol. The molecule has 0 aliphatic carbocycles. The molecule has 0 aromatic heterocycles. The van der Waals surface area contributed by atoms with Crippen molar-refractivity contribution in [1.82, 2.24) is 20.7 Å². The number of hydrazine groups is 1. The van der Waals surface area contributed by atoms with E-state index in [1.807, 2.05) is 6.92 Å². The molecule has 0 radical (unpaired) electrons. The summed E-state index contributed by atoms with van der Waals surface area (Å²) in [4.78, 5) is 14.1. The Labute approximate surface area is 104 Å². The molecule has 1 fully saturated rings. The van der Waals surface area contributed by atoms with Crippen molar-refractivity contribution in [2.45, 2.75) is 26.8 Å². The Morgan fingerprint density at radius 2 is 1.76 bits per heavy atom. The zero-order chi connectivity index (χ0) is 12.8. The average Bonchev–Trinajstić information content (AvgIpc) is 2.28. The van der Waals surface area contributed by atoms with Gasteiger partial charge in [0.25, 0.3) is 0 Å². The third-order valence-corrected chi connectivity index (χ3v) is 2.96. The fourth-order valence-electron chi connectivity index (χ4n) is 1.73. The minimum Gasteiger partial charge on any atom is -0.354 e. The fourth-order valence-corrected chi connectivity index (χ4v) is 1.73. The Morgan fingerprint density at radius 3 is 2.29 bits per heavy atom. The van der Waals surface area contributed by atoms with E-state index in [4.69, 9.17) is 0 Å². The van der Waals surface area contributed by atoms with E-state index in [1.165, 1.54) is 0 Å². The maximum atomic E-state index is 11.8. The Morgan fingerprint density at radius 1 is 1.18 bits per heavy atom. The summed E-state index contributed by atoms with van der Waals surface area (Å²) in [5.74, 6) is 0.576. The summed E-state index contributed by atoms with van der Waals surface area (Å²) in [6, 6.07) is -0.155. The summed E-state index contributed by atoms with van der Waals surface area (Å²) in [6.07, 6.45) is 0. The fraction of sp³-hybridized carbons (Fsp3) is 0.917. The molecule has 0 saturated carbocycles. The Kier molecular flexibility index (Phi) is 5.88. The van der Waals surface area contributed by atoms with Crippen LogP contribution in [0.1, 0.15) is 20.8 Å². The summed E-state index contributed by atoms with van der Waals surface area (Å²) in [5, 5.41) is 5.08. The van der Waals surface area contributed by atoms with Crippen LogP contribution in [-0.2, 0) is 4.79 Å². The predicted octanol–water partition coefficient (Wildman–Crippen LogP) is -0.101. The van der Waals surface area contributed by atoms with Gasteiger partial charge in [-0.2, -0.15) is 0 Å². The zero-order valence-corrected chi connectivity index (χ0v) is 11.5. The number of carbonyl (C=O) groups excluding carboxylic acids is 1. The van der Waals surface area contributed by atoms with E-state index in [1.54, 1.807) is 0 Å². The number of carbonyl (C=O) groups is 1. The second kappa shape index (κ2) is 6.93. The number of hydrogen-bond donors (Lipinski definition) is 2. The van der Waals surface area contributed by atoms with Crippen molar-refractivity contribution in [2.24, 2.45) is 5.92 Å². The maximum Gasteiger partial charge on any atom is 0.238 e. The van der Waals surface area contributed by atoms with E-state index in [9.17, 15) is 4.79 Å². The van der Waals surface area contributed by atoms with Crippen LogP contribution in [0, 0.1) is 5.92 Å². The average molecular weight is 242 g/mol. The second-order valence-corrected chi connectivity index (χ2v) is 5.28. The molecule has 17 heavy (non-hydrogen) atoms. The highest BCUT2D eigenvalue weighted by atomic mass is 16.2. The first-order valence-corrected chi connectivity index (χ1v) is 6.46. The molecule has 0 aromatic carbocycles. The van der Waals surface area contributed by atoms with E-state index in [2.05, 4.69) is 41.5 Å². The third kappa shape index (κ3) is 5.48. The van der Waals surface area contributed by atoms with Gasteiger partial charge in [0.05, 0.1) is 6.04 Å². The van der Waals surface area contributed by atoms with Crippen molar-refractivity contribution >= 4 is 5.91 Å². The van der Waals surface area contributed by atoms with Gasteiger partial charge in [-0.15, -0.1) is 0 Å². The van der Waals surface area contributed by atoms with Crippen LogP contribution < -0.4 is 10.7 Å². The van der Waals surface area contributed by atoms with Crippen molar-refractivity contribution in [3.63, 3.8) is 0 Å². The first-order valence-electron chi connectivity index (χ1n) is 6.46. The lowest BCUT2D eigenvalue weighted by Gasteiger charge is -2.34. The molecule has 5 heteroatoms. The number of hydrogen-bond acceptors (Lipinski definition) is 4. The molecule has 1 atom stereocenters. The smallest absolute Gasteiger partial charge is 0.238 e. The number of piperazine rings is 1. The topological polar surface area (TPSA) is 47.6 Å². The molecule has 0 aromatic rings. The molecular formula is C12H26N4O. The number of likely N-dealkylation sites (N-methyl/N-ethyl adjacent to an activating group) is 1. The maximum absolute atomic E-state index is 11.8. The molecule has 1 heterocycles. The standard InChI is InChI=1S/C12H26N4O/c1-10(2)9-13-12(17)11(3)14-16-7-5-15(4)6-8-16/h10-11,14H,5-9H2,1-4H3,(H,13,17). The van der Waals surface area contributed by atoms with E-state index < -0.39 is 0 Å². The lowest BCUT2D eigenvalue weighted by atomic mass is 10.2. The van der Waals surface area contributed by atoms with Crippen LogP contribution in [0.25, 0.3) is 0 Å². The lowest BCUT2D eigenvalue weighted by Crippen LogP contribution is -2.56. The van der Waals surface area contributed by atoms with Crippen LogP contribution in [0.5, 0.6) is 0 Å². The molecule has 0 spiro atoms. The number of rotatable bonds is 5. The van der Waals surface area contributed by atoms with E-state index >= 15 is 0 Å². The molecular weight excluding hydrogens is 216 g/mol.